The third kappa shape index (κ3) is 5.14. The van der Waals surface area contributed by atoms with Crippen LogP contribution in [-0.4, -0.2) is 26.4 Å². The average Bonchev–Trinajstić information content (AvgIpc) is 3.54. The lowest BCUT2D eigenvalue weighted by Gasteiger charge is -2.20. The van der Waals surface area contributed by atoms with E-state index >= 15 is 0 Å². The van der Waals surface area contributed by atoms with Crippen molar-refractivity contribution in [3.8, 4) is 17.5 Å². The maximum Gasteiger partial charge on any atom is 0.235 e. The van der Waals surface area contributed by atoms with Gasteiger partial charge in [-0.15, -0.1) is 39.4 Å². The molecule has 0 bridgehead atoms. The van der Waals surface area contributed by atoms with Crippen LogP contribution < -0.4 is 5.32 Å². The highest BCUT2D eigenvalue weighted by atomic mass is 32.2. The minimum absolute atomic E-state index is 0.139. The fourth-order valence-corrected chi connectivity index (χ4v) is 7.16. The standard InChI is InChI=1S/C25H29N5OS3/c1-5-9-30-23(17-11-20(15(3)4)32-13-17)28-29-25(30)33-14-22(31)27-24-19(12-26)18-8-7-16(6-2)10-21(18)34-24/h5,11,13,15-16H,1,6-10,14H2,2-4H3,(H,27,31). The quantitative estimate of drug-likeness (QED) is 0.262. The Bertz CT molecular complexity index is 1230. The predicted octanol–water partition coefficient (Wildman–Crippen LogP) is 6.49. The molecule has 9 heteroatoms. The number of thioether (sulfide) groups is 1. The average molecular weight is 512 g/mol. The molecule has 0 aliphatic heterocycles. The molecule has 4 rings (SSSR count). The lowest BCUT2D eigenvalue weighted by Crippen LogP contribution is -2.15. The van der Waals surface area contributed by atoms with E-state index in [1.807, 2.05) is 10.6 Å². The molecular weight excluding hydrogens is 483 g/mol. The number of hydrogen-bond donors (Lipinski definition) is 1. The fourth-order valence-electron chi connectivity index (χ4n) is 4.18. The summed E-state index contributed by atoms with van der Waals surface area (Å²) in [4.78, 5) is 15.4. The van der Waals surface area contributed by atoms with Crippen LogP contribution in [0.4, 0.5) is 5.00 Å². The summed E-state index contributed by atoms with van der Waals surface area (Å²) < 4.78 is 1.99. The van der Waals surface area contributed by atoms with Gasteiger partial charge in [-0.1, -0.05) is 45.0 Å². The first-order chi connectivity index (χ1) is 16.4. The van der Waals surface area contributed by atoms with E-state index in [1.165, 1.54) is 21.5 Å². The van der Waals surface area contributed by atoms with Gasteiger partial charge in [-0.2, -0.15) is 5.26 Å². The monoisotopic (exact) mass is 511 g/mol. The third-order valence-corrected chi connectivity index (χ3v) is 9.49. The van der Waals surface area contributed by atoms with Crippen molar-refractivity contribution in [1.29, 1.82) is 5.26 Å². The van der Waals surface area contributed by atoms with Crippen LogP contribution >= 0.6 is 34.4 Å². The summed E-state index contributed by atoms with van der Waals surface area (Å²) in [6, 6.07) is 4.48. The molecule has 3 aromatic heterocycles. The Hall–Kier alpha value is -2.41. The molecule has 1 atom stereocenters. The van der Waals surface area contributed by atoms with E-state index in [4.69, 9.17) is 0 Å². The molecular formula is C25H29N5OS3. The number of nitriles is 1. The Kier molecular flexibility index (Phi) is 7.91. The van der Waals surface area contributed by atoms with Crippen LogP contribution in [0.2, 0.25) is 0 Å². The van der Waals surface area contributed by atoms with E-state index in [0.29, 0.717) is 34.1 Å². The molecule has 1 aliphatic rings. The van der Waals surface area contributed by atoms with Crippen LogP contribution in [0.25, 0.3) is 11.4 Å². The molecule has 1 aliphatic carbocycles. The number of anilines is 1. The Morgan fingerprint density at radius 2 is 2.29 bits per heavy atom. The predicted molar refractivity (Wildman–Crippen MR) is 142 cm³/mol. The summed E-state index contributed by atoms with van der Waals surface area (Å²) >= 11 is 4.63. The summed E-state index contributed by atoms with van der Waals surface area (Å²) in [5.74, 6) is 1.97. The highest BCUT2D eigenvalue weighted by molar-refractivity contribution is 7.99. The van der Waals surface area contributed by atoms with Gasteiger partial charge in [-0.3, -0.25) is 9.36 Å². The van der Waals surface area contributed by atoms with Gasteiger partial charge in [-0.05, 0) is 42.7 Å². The number of hydrogen-bond acceptors (Lipinski definition) is 7. The molecule has 178 valence electrons. The highest BCUT2D eigenvalue weighted by Crippen LogP contribution is 2.40. The molecule has 0 radical (unpaired) electrons. The minimum Gasteiger partial charge on any atom is -0.316 e. The molecule has 3 heterocycles. The summed E-state index contributed by atoms with van der Waals surface area (Å²) in [6.07, 6.45) is 6.00. The van der Waals surface area contributed by atoms with Crippen molar-refractivity contribution in [2.24, 2.45) is 5.92 Å². The van der Waals surface area contributed by atoms with Crippen molar-refractivity contribution in [2.45, 2.75) is 64.1 Å². The summed E-state index contributed by atoms with van der Waals surface area (Å²) in [5.41, 5.74) is 2.81. The normalized spacial score (nSPS) is 15.2. The summed E-state index contributed by atoms with van der Waals surface area (Å²) in [6.45, 7) is 11.0. The summed E-state index contributed by atoms with van der Waals surface area (Å²) in [7, 11) is 0. The second kappa shape index (κ2) is 10.9. The first-order valence-corrected chi connectivity index (χ1v) is 14.2. The molecule has 0 aromatic carbocycles. The fraction of sp³-hybridized carbons (Fsp3) is 0.440. The number of nitrogens with zero attached hydrogens (tertiary/aromatic N) is 4. The number of fused-ring (bicyclic) bond motifs is 1. The van der Waals surface area contributed by atoms with Crippen LogP contribution in [-0.2, 0) is 24.2 Å². The molecule has 0 saturated heterocycles. The van der Waals surface area contributed by atoms with Crippen molar-refractivity contribution in [3.63, 3.8) is 0 Å². The van der Waals surface area contributed by atoms with Crippen LogP contribution in [0, 0.1) is 17.2 Å². The molecule has 0 fully saturated rings. The Labute approximate surface area is 213 Å². The van der Waals surface area contributed by atoms with Crippen molar-refractivity contribution in [1.82, 2.24) is 14.8 Å². The van der Waals surface area contributed by atoms with Gasteiger partial charge >= 0.3 is 0 Å². The number of amides is 1. The zero-order valence-corrected chi connectivity index (χ0v) is 22.2. The zero-order valence-electron chi connectivity index (χ0n) is 19.8. The van der Waals surface area contributed by atoms with Crippen molar-refractivity contribution < 1.29 is 4.79 Å². The van der Waals surface area contributed by atoms with E-state index in [-0.39, 0.29) is 11.7 Å². The molecule has 0 spiro atoms. The van der Waals surface area contributed by atoms with Gasteiger partial charge < -0.3 is 5.32 Å². The van der Waals surface area contributed by atoms with E-state index in [0.717, 1.165) is 42.6 Å². The van der Waals surface area contributed by atoms with Gasteiger partial charge in [0.05, 0.1) is 11.3 Å². The smallest absolute Gasteiger partial charge is 0.235 e. The Morgan fingerprint density at radius 1 is 1.47 bits per heavy atom. The van der Waals surface area contributed by atoms with Gasteiger partial charge in [0.15, 0.2) is 11.0 Å². The van der Waals surface area contributed by atoms with Crippen LogP contribution in [0.1, 0.15) is 60.4 Å². The number of rotatable bonds is 9. The van der Waals surface area contributed by atoms with Gasteiger partial charge in [0.25, 0.3) is 0 Å². The number of carbonyl (C=O) groups excluding carboxylic acids is 1. The van der Waals surface area contributed by atoms with Gasteiger partial charge in [-0.25, -0.2) is 0 Å². The van der Waals surface area contributed by atoms with E-state index in [9.17, 15) is 10.1 Å². The Balaban J connectivity index is 1.46. The second-order valence-electron chi connectivity index (χ2n) is 8.77. The topological polar surface area (TPSA) is 83.6 Å². The summed E-state index contributed by atoms with van der Waals surface area (Å²) in [5, 5.41) is 24.9. The van der Waals surface area contributed by atoms with E-state index in [2.05, 4.69) is 60.4 Å². The first-order valence-electron chi connectivity index (χ1n) is 11.5. The SMILES string of the molecule is C=CCn1c(SCC(=O)Nc2sc3c(c2C#N)CCC(CC)C3)nnc1-c1csc(C(C)C)c1. The first kappa shape index (κ1) is 24.7. The van der Waals surface area contributed by atoms with Gasteiger partial charge in [0.2, 0.25) is 5.91 Å². The number of thiophene rings is 2. The second-order valence-corrected chi connectivity index (χ2v) is 11.8. The lowest BCUT2D eigenvalue weighted by molar-refractivity contribution is -0.113. The number of nitrogens with one attached hydrogen (secondary N) is 1. The third-order valence-electron chi connectivity index (χ3n) is 6.12. The number of aromatic nitrogens is 3. The maximum absolute atomic E-state index is 12.8. The highest BCUT2D eigenvalue weighted by Gasteiger charge is 2.26. The van der Waals surface area contributed by atoms with Crippen LogP contribution in [0.3, 0.4) is 0 Å². The number of carbonyl (C=O) groups is 1. The van der Waals surface area contributed by atoms with E-state index in [1.54, 1.807) is 22.7 Å². The molecule has 6 nitrogen and oxygen atoms in total. The molecule has 1 N–H and O–H groups in total. The lowest BCUT2D eigenvalue weighted by atomic mass is 9.86. The number of allylic oxidation sites excluding steroid dienone is 1. The van der Waals surface area contributed by atoms with E-state index < -0.39 is 0 Å². The molecule has 34 heavy (non-hydrogen) atoms. The van der Waals surface area contributed by atoms with Crippen molar-refractivity contribution in [3.05, 3.63) is 45.0 Å². The zero-order chi connectivity index (χ0) is 24.2. The molecule has 0 saturated carbocycles. The minimum atomic E-state index is -0.139. The van der Waals surface area contributed by atoms with Crippen molar-refractivity contribution in [2.75, 3.05) is 11.1 Å². The Morgan fingerprint density at radius 3 is 2.97 bits per heavy atom. The maximum atomic E-state index is 12.8. The van der Waals surface area contributed by atoms with Gasteiger partial charge in [0, 0.05) is 27.2 Å². The molecule has 1 unspecified atom stereocenters. The largest absolute Gasteiger partial charge is 0.316 e. The molecule has 1 amide bonds. The van der Waals surface area contributed by atoms with Gasteiger partial charge in [0.1, 0.15) is 11.1 Å². The molecule has 3 aromatic rings. The van der Waals surface area contributed by atoms with Crippen molar-refractivity contribution >= 4 is 45.3 Å². The van der Waals surface area contributed by atoms with Crippen LogP contribution in [0.5, 0.6) is 0 Å². The van der Waals surface area contributed by atoms with Crippen LogP contribution in [0.15, 0.2) is 29.3 Å².